The molecule has 4 heteroatoms. The molecule has 148 valence electrons. The summed E-state index contributed by atoms with van der Waals surface area (Å²) in [5, 5.41) is 11.9. The molecule has 0 aromatic heterocycles. The molecule has 2 aliphatic rings. The molecule has 2 aromatic carbocycles. The van der Waals surface area contributed by atoms with Crippen LogP contribution in [0.25, 0.3) is 0 Å². The topological polar surface area (TPSA) is 49.8 Å². The molecule has 2 heterocycles. The van der Waals surface area contributed by atoms with Crippen molar-refractivity contribution < 1.29 is 14.6 Å². The summed E-state index contributed by atoms with van der Waals surface area (Å²) in [4.78, 5) is 14.5. The van der Waals surface area contributed by atoms with Gasteiger partial charge in [-0.2, -0.15) is 0 Å². The molecule has 0 aliphatic carbocycles. The lowest BCUT2D eigenvalue weighted by Gasteiger charge is -2.39. The Morgan fingerprint density at radius 2 is 2.00 bits per heavy atom. The van der Waals surface area contributed by atoms with Crippen molar-refractivity contribution in [2.24, 2.45) is 11.8 Å². The van der Waals surface area contributed by atoms with Crippen molar-refractivity contribution in [3.63, 3.8) is 0 Å². The smallest absolute Gasteiger partial charge is 0.338 e. The largest absolute Gasteiger partial charge is 0.465 e. The zero-order valence-electron chi connectivity index (χ0n) is 16.7. The van der Waals surface area contributed by atoms with Gasteiger partial charge in [0.1, 0.15) is 0 Å². The zero-order chi connectivity index (χ0) is 19.7. The number of methoxy groups -OCH3 is 1. The minimum atomic E-state index is -0.850. The van der Waals surface area contributed by atoms with Crippen LogP contribution in [-0.2, 0) is 16.8 Å². The zero-order valence-corrected chi connectivity index (χ0v) is 16.7. The van der Waals surface area contributed by atoms with E-state index >= 15 is 0 Å². The third-order valence-corrected chi connectivity index (χ3v) is 6.72. The summed E-state index contributed by atoms with van der Waals surface area (Å²) in [7, 11) is 1.41. The number of nitrogens with zero attached hydrogens (tertiary/aromatic N) is 1. The van der Waals surface area contributed by atoms with Gasteiger partial charge >= 0.3 is 5.97 Å². The highest BCUT2D eigenvalue weighted by Crippen LogP contribution is 2.46. The molecule has 4 nitrogen and oxygen atoms in total. The van der Waals surface area contributed by atoms with Crippen LogP contribution in [0.4, 0.5) is 0 Å². The van der Waals surface area contributed by atoms with Gasteiger partial charge in [-0.1, -0.05) is 42.5 Å². The van der Waals surface area contributed by atoms with Crippen LogP contribution >= 0.6 is 0 Å². The number of rotatable bonds is 6. The highest BCUT2D eigenvalue weighted by molar-refractivity contribution is 5.91. The first-order valence-electron chi connectivity index (χ1n) is 10.2. The summed E-state index contributed by atoms with van der Waals surface area (Å²) in [6.07, 6.45) is 2.55. The minimum absolute atomic E-state index is 0.258. The Labute approximate surface area is 167 Å². The Kier molecular flexibility index (Phi) is 5.26. The fourth-order valence-electron chi connectivity index (χ4n) is 5.09. The van der Waals surface area contributed by atoms with Crippen molar-refractivity contribution in [2.45, 2.75) is 31.8 Å². The number of esters is 1. The van der Waals surface area contributed by atoms with Gasteiger partial charge in [0.05, 0.1) is 18.3 Å². The number of fused-ring (bicyclic) bond motifs is 2. The van der Waals surface area contributed by atoms with Crippen LogP contribution in [0.5, 0.6) is 0 Å². The second-order valence-corrected chi connectivity index (χ2v) is 8.35. The Hall–Kier alpha value is -2.17. The maximum atomic E-state index is 12.0. The van der Waals surface area contributed by atoms with Crippen LogP contribution in [0.1, 0.15) is 39.9 Å². The first kappa shape index (κ1) is 19.2. The van der Waals surface area contributed by atoms with Gasteiger partial charge in [-0.3, -0.25) is 0 Å². The van der Waals surface area contributed by atoms with E-state index in [1.807, 2.05) is 37.3 Å². The van der Waals surface area contributed by atoms with Gasteiger partial charge < -0.3 is 14.7 Å². The molecule has 0 saturated carbocycles. The molecule has 0 spiro atoms. The van der Waals surface area contributed by atoms with E-state index in [1.165, 1.54) is 13.5 Å². The lowest BCUT2D eigenvalue weighted by atomic mass is 9.71. The molecule has 4 rings (SSSR count). The lowest BCUT2D eigenvalue weighted by Crippen LogP contribution is -2.42. The van der Waals surface area contributed by atoms with Gasteiger partial charge in [-0.15, -0.1) is 0 Å². The molecule has 2 saturated heterocycles. The molecule has 0 amide bonds. The molecule has 2 fully saturated rings. The van der Waals surface area contributed by atoms with E-state index in [0.717, 1.165) is 42.7 Å². The number of hydrogen-bond acceptors (Lipinski definition) is 4. The van der Waals surface area contributed by atoms with Crippen LogP contribution in [0.3, 0.4) is 0 Å². The number of ether oxygens (including phenoxy) is 1. The normalized spacial score (nSPS) is 25.5. The van der Waals surface area contributed by atoms with E-state index in [9.17, 15) is 9.90 Å². The molecular formula is C24H29NO3. The number of carbonyl (C=O) groups is 1. The maximum absolute atomic E-state index is 12.0. The number of benzene rings is 2. The Bertz CT molecular complexity index is 850. The maximum Gasteiger partial charge on any atom is 0.338 e. The average Bonchev–Trinajstić information content (AvgIpc) is 3.37. The Balaban J connectivity index is 1.60. The quantitative estimate of drug-likeness (QED) is 0.780. The summed E-state index contributed by atoms with van der Waals surface area (Å²) < 4.78 is 4.91. The summed E-state index contributed by atoms with van der Waals surface area (Å²) in [5.41, 5.74) is 2.74. The third-order valence-electron chi connectivity index (χ3n) is 6.72. The van der Waals surface area contributed by atoms with E-state index < -0.39 is 5.60 Å². The average molecular weight is 380 g/mol. The van der Waals surface area contributed by atoms with E-state index in [2.05, 4.69) is 23.1 Å². The molecule has 4 atom stereocenters. The van der Waals surface area contributed by atoms with Crippen LogP contribution in [0.15, 0.2) is 48.5 Å². The highest BCUT2D eigenvalue weighted by Gasteiger charge is 2.49. The highest BCUT2D eigenvalue weighted by atomic mass is 16.5. The molecule has 2 aromatic rings. The minimum Gasteiger partial charge on any atom is -0.465 e. The van der Waals surface area contributed by atoms with Gasteiger partial charge in [-0.05, 0) is 61.4 Å². The van der Waals surface area contributed by atoms with Gasteiger partial charge in [0, 0.05) is 19.0 Å². The van der Waals surface area contributed by atoms with Crippen molar-refractivity contribution in [1.29, 1.82) is 0 Å². The number of piperidine rings is 1. The third kappa shape index (κ3) is 3.47. The monoisotopic (exact) mass is 379 g/mol. The van der Waals surface area contributed by atoms with Crippen molar-refractivity contribution in [3.8, 4) is 0 Å². The number of carbonyl (C=O) groups excluding carboxylic acids is 1. The van der Waals surface area contributed by atoms with Gasteiger partial charge in [0.2, 0.25) is 0 Å². The molecule has 1 N–H and O–H groups in total. The molecule has 0 radical (unpaired) electrons. The first-order valence-corrected chi connectivity index (χ1v) is 10.2. The second kappa shape index (κ2) is 7.69. The van der Waals surface area contributed by atoms with Crippen molar-refractivity contribution in [1.82, 2.24) is 4.90 Å². The fourth-order valence-corrected chi connectivity index (χ4v) is 5.09. The van der Waals surface area contributed by atoms with Crippen LogP contribution in [-0.4, -0.2) is 42.7 Å². The molecule has 4 unspecified atom stereocenters. The molecule has 2 aliphatic heterocycles. The fraction of sp³-hybridized carbons (Fsp3) is 0.458. The molecular weight excluding hydrogens is 350 g/mol. The van der Waals surface area contributed by atoms with Crippen LogP contribution in [0.2, 0.25) is 0 Å². The van der Waals surface area contributed by atoms with Crippen molar-refractivity contribution in [2.75, 3.05) is 26.7 Å². The van der Waals surface area contributed by atoms with E-state index in [1.54, 1.807) is 0 Å². The van der Waals surface area contributed by atoms with E-state index in [-0.39, 0.29) is 11.9 Å². The summed E-state index contributed by atoms with van der Waals surface area (Å²) in [6, 6.07) is 16.0. The second-order valence-electron chi connectivity index (χ2n) is 8.35. The lowest BCUT2D eigenvalue weighted by molar-refractivity contribution is -0.0495. The van der Waals surface area contributed by atoms with Crippen molar-refractivity contribution >= 4 is 5.97 Å². The number of aryl methyl sites for hydroxylation is 2. The standard InChI is InChI=1S/C24H29NO3/c1-17-8-9-18(14-21(17)23(26)28-2)10-12-24(27,20-6-4-3-5-7-20)22-16-25-13-11-19(22)15-25/h3-9,14,19,22,27H,10-13,15-16H2,1-2H3. The summed E-state index contributed by atoms with van der Waals surface area (Å²) >= 11 is 0. The predicted octanol–water partition coefficient (Wildman–Crippen LogP) is 3.55. The molecule has 28 heavy (non-hydrogen) atoms. The summed E-state index contributed by atoms with van der Waals surface area (Å²) in [5.74, 6) is 0.515. The SMILES string of the molecule is COC(=O)c1cc(CCC(O)(c2ccccc2)C2CN3CCC2C3)ccc1C. The molecule has 2 bridgehead atoms. The predicted molar refractivity (Wildman–Crippen MR) is 109 cm³/mol. The van der Waals surface area contributed by atoms with Gasteiger partial charge in [-0.25, -0.2) is 4.79 Å². The Morgan fingerprint density at radius 1 is 1.21 bits per heavy atom. The number of aliphatic hydroxyl groups is 1. The number of hydrogen-bond donors (Lipinski definition) is 1. The van der Waals surface area contributed by atoms with Crippen LogP contribution in [0, 0.1) is 18.8 Å². The van der Waals surface area contributed by atoms with E-state index in [4.69, 9.17) is 4.74 Å². The summed E-state index contributed by atoms with van der Waals surface area (Å²) in [6.45, 7) is 5.15. The van der Waals surface area contributed by atoms with Crippen LogP contribution < -0.4 is 0 Å². The Morgan fingerprint density at radius 3 is 2.64 bits per heavy atom. The van der Waals surface area contributed by atoms with Gasteiger partial charge in [0.25, 0.3) is 0 Å². The first-order chi connectivity index (χ1) is 13.5. The van der Waals surface area contributed by atoms with Gasteiger partial charge in [0.15, 0.2) is 0 Å². The van der Waals surface area contributed by atoms with E-state index in [0.29, 0.717) is 17.9 Å². The van der Waals surface area contributed by atoms with Crippen molar-refractivity contribution in [3.05, 3.63) is 70.8 Å².